The number of amides is 1. The van der Waals surface area contributed by atoms with Crippen LogP contribution in [0, 0.1) is 0 Å². The first-order chi connectivity index (χ1) is 6.24. The van der Waals surface area contributed by atoms with Crippen molar-refractivity contribution in [2.24, 2.45) is 5.73 Å². The molecule has 2 N–H and O–H groups in total. The van der Waals surface area contributed by atoms with Crippen molar-refractivity contribution < 1.29 is 4.79 Å². The summed E-state index contributed by atoms with van der Waals surface area (Å²) in [6, 6.07) is 0.213. The highest BCUT2D eigenvalue weighted by atomic mass is 32.2. The minimum absolute atomic E-state index is 0.213. The largest absolute Gasteiger partial charge is 0.341 e. The first kappa shape index (κ1) is 10.9. The summed E-state index contributed by atoms with van der Waals surface area (Å²) < 4.78 is 0. The molecule has 0 radical (unpaired) electrons. The van der Waals surface area contributed by atoms with Gasteiger partial charge in [0.15, 0.2) is 0 Å². The van der Waals surface area contributed by atoms with E-state index in [4.69, 9.17) is 5.73 Å². The van der Waals surface area contributed by atoms with Crippen molar-refractivity contribution in [1.29, 1.82) is 0 Å². The molecule has 4 heteroatoms. The summed E-state index contributed by atoms with van der Waals surface area (Å²) in [5.41, 5.74) is 5.72. The van der Waals surface area contributed by atoms with Crippen LogP contribution in [0.3, 0.4) is 0 Å². The number of carbonyl (C=O) groups excluding carboxylic acids is 1. The van der Waals surface area contributed by atoms with Gasteiger partial charge in [-0.3, -0.25) is 4.79 Å². The van der Waals surface area contributed by atoms with Crippen LogP contribution >= 0.6 is 11.8 Å². The predicted octanol–water partition coefficient (Wildman–Crippen LogP) is 0.689. The van der Waals surface area contributed by atoms with E-state index in [2.05, 4.69) is 6.26 Å². The second kappa shape index (κ2) is 5.50. The molecule has 1 aliphatic heterocycles. The van der Waals surface area contributed by atoms with Crippen LogP contribution in [0.4, 0.5) is 0 Å². The van der Waals surface area contributed by atoms with Gasteiger partial charge in [0.2, 0.25) is 5.91 Å². The van der Waals surface area contributed by atoms with E-state index in [-0.39, 0.29) is 11.9 Å². The van der Waals surface area contributed by atoms with Gasteiger partial charge < -0.3 is 10.6 Å². The number of nitrogens with zero attached hydrogens (tertiary/aromatic N) is 1. The van der Waals surface area contributed by atoms with E-state index in [1.165, 1.54) is 0 Å². The summed E-state index contributed by atoms with van der Waals surface area (Å²) in [6.07, 6.45) is 4.71. The first-order valence-electron chi connectivity index (χ1n) is 4.76. The molecule has 0 aromatic rings. The van der Waals surface area contributed by atoms with Crippen LogP contribution in [0.15, 0.2) is 0 Å². The Kier molecular flexibility index (Phi) is 4.59. The molecule has 1 amide bonds. The number of thioether (sulfide) groups is 1. The van der Waals surface area contributed by atoms with Crippen molar-refractivity contribution in [1.82, 2.24) is 4.90 Å². The van der Waals surface area contributed by atoms with Gasteiger partial charge in [0.25, 0.3) is 0 Å². The summed E-state index contributed by atoms with van der Waals surface area (Å²) >= 11 is 1.79. The predicted molar refractivity (Wildman–Crippen MR) is 56.8 cm³/mol. The van der Waals surface area contributed by atoms with Gasteiger partial charge in [0.1, 0.15) is 0 Å². The van der Waals surface area contributed by atoms with Crippen molar-refractivity contribution in [3.63, 3.8) is 0 Å². The molecule has 0 unspecified atom stereocenters. The number of hydrogen-bond acceptors (Lipinski definition) is 3. The minimum atomic E-state index is 0.213. The van der Waals surface area contributed by atoms with E-state index < -0.39 is 0 Å². The molecule has 0 spiro atoms. The van der Waals surface area contributed by atoms with Gasteiger partial charge in [0, 0.05) is 25.6 Å². The summed E-state index contributed by atoms with van der Waals surface area (Å²) in [6.45, 7) is 1.62. The van der Waals surface area contributed by atoms with Crippen molar-refractivity contribution in [3.05, 3.63) is 0 Å². The molecule has 0 saturated carbocycles. The fourth-order valence-electron chi connectivity index (χ4n) is 1.54. The third-order valence-corrected chi connectivity index (χ3v) is 3.01. The highest BCUT2D eigenvalue weighted by molar-refractivity contribution is 7.98. The van der Waals surface area contributed by atoms with Crippen LogP contribution in [0.5, 0.6) is 0 Å². The van der Waals surface area contributed by atoms with Crippen LogP contribution in [-0.2, 0) is 4.79 Å². The molecule has 1 rings (SSSR count). The average Bonchev–Trinajstić information content (AvgIpc) is 2.52. The highest BCUT2D eigenvalue weighted by Gasteiger charge is 2.22. The SMILES string of the molecule is CSCCCC(=O)N1CC[C@@H](N)C1. The molecule has 0 bridgehead atoms. The Bertz CT molecular complexity index is 175. The Morgan fingerprint density at radius 3 is 3.00 bits per heavy atom. The zero-order chi connectivity index (χ0) is 9.68. The standard InChI is InChI=1S/C9H18N2OS/c1-13-6-2-3-9(12)11-5-4-8(10)7-11/h8H,2-7,10H2,1H3/t8-/m1/s1. The Balaban J connectivity index is 2.16. The maximum Gasteiger partial charge on any atom is 0.222 e. The average molecular weight is 202 g/mol. The van der Waals surface area contributed by atoms with E-state index in [9.17, 15) is 4.79 Å². The lowest BCUT2D eigenvalue weighted by Gasteiger charge is -2.15. The Morgan fingerprint density at radius 2 is 2.46 bits per heavy atom. The fraction of sp³-hybridized carbons (Fsp3) is 0.889. The van der Waals surface area contributed by atoms with E-state index in [1.807, 2.05) is 4.90 Å². The zero-order valence-corrected chi connectivity index (χ0v) is 8.98. The molecule has 1 saturated heterocycles. The second-order valence-electron chi connectivity index (χ2n) is 3.48. The van der Waals surface area contributed by atoms with E-state index in [0.29, 0.717) is 6.42 Å². The molecule has 0 aromatic carbocycles. The quantitative estimate of drug-likeness (QED) is 0.682. The highest BCUT2D eigenvalue weighted by Crippen LogP contribution is 2.10. The van der Waals surface area contributed by atoms with Gasteiger partial charge >= 0.3 is 0 Å². The maximum absolute atomic E-state index is 11.5. The Hall–Kier alpha value is -0.220. The topological polar surface area (TPSA) is 46.3 Å². The van der Waals surface area contributed by atoms with E-state index >= 15 is 0 Å². The van der Waals surface area contributed by atoms with Crippen LogP contribution in [0.1, 0.15) is 19.3 Å². The Morgan fingerprint density at radius 1 is 1.69 bits per heavy atom. The lowest BCUT2D eigenvalue weighted by Crippen LogP contribution is -2.31. The molecule has 0 aliphatic carbocycles. The van der Waals surface area contributed by atoms with E-state index in [1.54, 1.807) is 11.8 Å². The summed E-state index contributed by atoms with van der Waals surface area (Å²) in [7, 11) is 0. The molecule has 1 aliphatic rings. The van der Waals surface area contributed by atoms with Gasteiger partial charge in [-0.25, -0.2) is 0 Å². The summed E-state index contributed by atoms with van der Waals surface area (Å²) in [5, 5.41) is 0. The molecule has 3 nitrogen and oxygen atoms in total. The van der Waals surface area contributed by atoms with Crippen LogP contribution in [0.2, 0.25) is 0 Å². The second-order valence-corrected chi connectivity index (χ2v) is 4.47. The van der Waals surface area contributed by atoms with Gasteiger partial charge in [-0.2, -0.15) is 11.8 Å². The zero-order valence-electron chi connectivity index (χ0n) is 8.16. The van der Waals surface area contributed by atoms with Crippen molar-refractivity contribution in [3.8, 4) is 0 Å². The molecular formula is C9H18N2OS. The van der Waals surface area contributed by atoms with Gasteiger partial charge in [-0.05, 0) is 24.9 Å². The van der Waals surface area contributed by atoms with Gasteiger partial charge in [-0.15, -0.1) is 0 Å². The van der Waals surface area contributed by atoms with E-state index in [0.717, 1.165) is 31.7 Å². The molecule has 76 valence electrons. The molecule has 13 heavy (non-hydrogen) atoms. The lowest BCUT2D eigenvalue weighted by atomic mass is 10.3. The summed E-state index contributed by atoms with van der Waals surface area (Å²) in [4.78, 5) is 13.4. The van der Waals surface area contributed by atoms with Crippen molar-refractivity contribution >= 4 is 17.7 Å². The van der Waals surface area contributed by atoms with Crippen molar-refractivity contribution in [2.45, 2.75) is 25.3 Å². The molecule has 1 atom stereocenters. The number of rotatable bonds is 4. The number of likely N-dealkylation sites (tertiary alicyclic amines) is 1. The van der Waals surface area contributed by atoms with Crippen LogP contribution < -0.4 is 5.73 Å². The van der Waals surface area contributed by atoms with Crippen molar-refractivity contribution in [2.75, 3.05) is 25.1 Å². The third kappa shape index (κ3) is 3.56. The number of nitrogens with two attached hydrogens (primary N) is 1. The number of hydrogen-bond donors (Lipinski definition) is 1. The van der Waals surface area contributed by atoms with Crippen LogP contribution in [0.25, 0.3) is 0 Å². The Labute approximate surface area is 84.0 Å². The third-order valence-electron chi connectivity index (χ3n) is 2.32. The maximum atomic E-state index is 11.5. The minimum Gasteiger partial charge on any atom is -0.341 e. The molecule has 1 heterocycles. The first-order valence-corrected chi connectivity index (χ1v) is 6.15. The van der Waals surface area contributed by atoms with Gasteiger partial charge in [-0.1, -0.05) is 0 Å². The molecule has 1 fully saturated rings. The van der Waals surface area contributed by atoms with Crippen LogP contribution in [-0.4, -0.2) is 41.9 Å². The normalized spacial score (nSPS) is 22.3. The summed E-state index contributed by atoms with van der Waals surface area (Å²) in [5.74, 6) is 1.35. The lowest BCUT2D eigenvalue weighted by molar-refractivity contribution is -0.130. The monoisotopic (exact) mass is 202 g/mol. The van der Waals surface area contributed by atoms with Gasteiger partial charge in [0.05, 0.1) is 0 Å². The number of carbonyl (C=O) groups is 1. The smallest absolute Gasteiger partial charge is 0.222 e. The molecule has 0 aromatic heterocycles. The fourth-order valence-corrected chi connectivity index (χ4v) is 1.97. The molecular weight excluding hydrogens is 184 g/mol.